The number of anilines is 1. The van der Waals surface area contributed by atoms with Gasteiger partial charge >= 0.3 is 0 Å². The molecule has 0 unspecified atom stereocenters. The number of alkyl halides is 1. The zero-order valence-electron chi connectivity index (χ0n) is 14.2. The molecule has 1 aliphatic heterocycles. The molecule has 2 aromatic heterocycles. The standard InChI is InChI=1S/C17H22FN5O3/c18-5-11-13(24)14(25)17(26-11)23-7-21-12-15(19-6-20-16(12)23)22-10-4-8-1-2-9(10)3-8/h6-11,13-14,17,24-25H,1-5H2,(H,19,20,22)/t8-,9-,10-,11+,13+,14+,17+/m0/s1. The number of aliphatic hydroxyl groups is 2. The number of nitrogens with one attached hydrogen (secondary N) is 1. The Morgan fingerprint density at radius 3 is 2.77 bits per heavy atom. The summed E-state index contributed by atoms with van der Waals surface area (Å²) in [5, 5.41) is 23.6. The van der Waals surface area contributed by atoms with Crippen LogP contribution in [0.25, 0.3) is 11.2 Å². The van der Waals surface area contributed by atoms with Crippen molar-refractivity contribution in [2.24, 2.45) is 11.8 Å². The Balaban J connectivity index is 1.44. The van der Waals surface area contributed by atoms with Crippen molar-refractivity contribution in [1.82, 2.24) is 19.5 Å². The lowest BCUT2D eigenvalue weighted by molar-refractivity contribution is -0.0409. The maximum atomic E-state index is 13.0. The molecule has 3 heterocycles. The summed E-state index contributed by atoms with van der Waals surface area (Å²) in [6.07, 6.45) is 3.45. The van der Waals surface area contributed by atoms with E-state index in [2.05, 4.69) is 20.3 Å². The Labute approximate surface area is 149 Å². The third-order valence-electron chi connectivity index (χ3n) is 6.18. The minimum absolute atomic E-state index is 0.406. The molecule has 2 bridgehead atoms. The molecule has 3 fully saturated rings. The van der Waals surface area contributed by atoms with Crippen LogP contribution >= 0.6 is 0 Å². The molecule has 140 valence electrons. The summed E-state index contributed by atoms with van der Waals surface area (Å²) in [6.45, 7) is -0.868. The van der Waals surface area contributed by atoms with Gasteiger partial charge in [0.25, 0.3) is 0 Å². The van der Waals surface area contributed by atoms with Crippen LogP contribution < -0.4 is 5.32 Å². The molecule has 2 aliphatic carbocycles. The van der Waals surface area contributed by atoms with E-state index in [1.165, 1.54) is 36.5 Å². The third-order valence-corrected chi connectivity index (χ3v) is 6.18. The second kappa shape index (κ2) is 6.11. The van der Waals surface area contributed by atoms with E-state index in [-0.39, 0.29) is 0 Å². The molecular weight excluding hydrogens is 341 g/mol. The Bertz CT molecular complexity index is 817. The number of hydrogen-bond acceptors (Lipinski definition) is 7. The number of rotatable bonds is 4. The molecule has 7 atom stereocenters. The number of fused-ring (bicyclic) bond motifs is 3. The van der Waals surface area contributed by atoms with Gasteiger partial charge in [-0.3, -0.25) is 4.57 Å². The number of hydrogen-bond donors (Lipinski definition) is 3. The summed E-state index contributed by atoms with van der Waals surface area (Å²) in [6, 6.07) is 0.406. The topological polar surface area (TPSA) is 105 Å². The van der Waals surface area contributed by atoms with Crippen molar-refractivity contribution in [1.29, 1.82) is 0 Å². The number of nitrogens with zero attached hydrogens (tertiary/aromatic N) is 4. The van der Waals surface area contributed by atoms with Crippen LogP contribution in [0.5, 0.6) is 0 Å². The Morgan fingerprint density at radius 2 is 2.08 bits per heavy atom. The number of ether oxygens (including phenoxy) is 1. The first-order valence-electron chi connectivity index (χ1n) is 9.17. The molecule has 5 rings (SSSR count). The van der Waals surface area contributed by atoms with Crippen molar-refractivity contribution in [3.8, 4) is 0 Å². The van der Waals surface area contributed by atoms with Crippen molar-refractivity contribution in [3.05, 3.63) is 12.7 Å². The van der Waals surface area contributed by atoms with Gasteiger partial charge < -0.3 is 20.3 Å². The molecule has 0 spiro atoms. The first kappa shape index (κ1) is 16.3. The summed E-state index contributed by atoms with van der Waals surface area (Å²) in [4.78, 5) is 13.0. The van der Waals surface area contributed by atoms with Gasteiger partial charge in [0.05, 0.1) is 6.33 Å². The molecule has 3 N–H and O–H groups in total. The van der Waals surface area contributed by atoms with Gasteiger partial charge in [-0.1, -0.05) is 6.42 Å². The van der Waals surface area contributed by atoms with Crippen LogP contribution in [-0.4, -0.2) is 60.8 Å². The van der Waals surface area contributed by atoms with Gasteiger partial charge in [0.1, 0.15) is 31.3 Å². The summed E-state index contributed by atoms with van der Waals surface area (Å²) in [5.74, 6) is 2.17. The molecule has 0 aromatic carbocycles. The Morgan fingerprint density at radius 1 is 1.19 bits per heavy atom. The van der Waals surface area contributed by atoms with Gasteiger partial charge in [-0.2, -0.15) is 0 Å². The van der Waals surface area contributed by atoms with Crippen molar-refractivity contribution in [2.75, 3.05) is 12.0 Å². The van der Waals surface area contributed by atoms with Gasteiger partial charge in [-0.05, 0) is 31.1 Å². The number of aliphatic hydroxyl groups excluding tert-OH is 2. The van der Waals surface area contributed by atoms with Crippen LogP contribution in [0.4, 0.5) is 10.2 Å². The van der Waals surface area contributed by atoms with E-state index in [1.54, 1.807) is 0 Å². The molecule has 2 aromatic rings. The fourth-order valence-electron chi connectivity index (χ4n) is 4.83. The van der Waals surface area contributed by atoms with Gasteiger partial charge in [-0.25, -0.2) is 19.3 Å². The zero-order valence-corrected chi connectivity index (χ0v) is 14.2. The molecule has 26 heavy (non-hydrogen) atoms. The first-order chi connectivity index (χ1) is 12.7. The Kier molecular flexibility index (Phi) is 3.84. The van der Waals surface area contributed by atoms with E-state index in [4.69, 9.17) is 4.74 Å². The molecule has 0 radical (unpaired) electrons. The maximum absolute atomic E-state index is 13.0. The van der Waals surface area contributed by atoms with E-state index in [0.29, 0.717) is 28.9 Å². The predicted octanol–water partition coefficient (Wildman–Crippen LogP) is 1.02. The minimum atomic E-state index is -1.28. The molecular formula is C17H22FN5O3. The molecule has 9 heteroatoms. The normalized spacial score (nSPS) is 39.1. The third kappa shape index (κ3) is 2.41. The molecule has 0 amide bonds. The molecule has 3 aliphatic rings. The van der Waals surface area contributed by atoms with E-state index >= 15 is 0 Å². The highest BCUT2D eigenvalue weighted by Crippen LogP contribution is 2.45. The monoisotopic (exact) mass is 363 g/mol. The fourth-order valence-corrected chi connectivity index (χ4v) is 4.83. The predicted molar refractivity (Wildman–Crippen MR) is 90.1 cm³/mol. The molecule has 1 saturated heterocycles. The highest BCUT2D eigenvalue weighted by atomic mass is 19.1. The molecule has 8 nitrogen and oxygen atoms in total. The van der Waals surface area contributed by atoms with Crippen LogP contribution in [0, 0.1) is 11.8 Å². The average molecular weight is 363 g/mol. The number of aromatic nitrogens is 4. The summed E-state index contributed by atoms with van der Waals surface area (Å²) in [5.41, 5.74) is 1.07. The van der Waals surface area contributed by atoms with Crippen LogP contribution in [0.3, 0.4) is 0 Å². The summed E-state index contributed by atoms with van der Waals surface area (Å²) >= 11 is 0. The Hall–Kier alpha value is -1.84. The SMILES string of the molecule is O[C@@H]1[C@H](O)[C@@H](CF)O[C@H]1n1cnc2c(N[C@H]3C[C@H]4CC[C@H]3C4)ncnc21. The lowest BCUT2D eigenvalue weighted by atomic mass is 9.95. The summed E-state index contributed by atoms with van der Waals surface area (Å²) < 4.78 is 20.0. The van der Waals surface area contributed by atoms with Crippen molar-refractivity contribution < 1.29 is 19.3 Å². The number of halogens is 1. The van der Waals surface area contributed by atoms with Crippen molar-refractivity contribution >= 4 is 17.0 Å². The summed E-state index contributed by atoms with van der Waals surface area (Å²) in [7, 11) is 0. The molecule has 2 saturated carbocycles. The van der Waals surface area contributed by atoms with E-state index < -0.39 is 31.2 Å². The van der Waals surface area contributed by atoms with Crippen LogP contribution in [-0.2, 0) is 4.74 Å². The fraction of sp³-hybridized carbons (Fsp3) is 0.706. The lowest BCUT2D eigenvalue weighted by Gasteiger charge is -2.23. The number of imidazole rings is 1. The average Bonchev–Trinajstić information content (AvgIpc) is 3.41. The maximum Gasteiger partial charge on any atom is 0.167 e. The largest absolute Gasteiger partial charge is 0.387 e. The van der Waals surface area contributed by atoms with Crippen molar-refractivity contribution in [2.45, 2.75) is 56.3 Å². The van der Waals surface area contributed by atoms with Crippen molar-refractivity contribution in [3.63, 3.8) is 0 Å². The second-order valence-corrected chi connectivity index (χ2v) is 7.67. The van der Waals surface area contributed by atoms with Crippen LogP contribution in [0.15, 0.2) is 12.7 Å². The van der Waals surface area contributed by atoms with Gasteiger partial charge in [0.15, 0.2) is 23.2 Å². The quantitative estimate of drug-likeness (QED) is 0.745. The highest BCUT2D eigenvalue weighted by molar-refractivity contribution is 5.82. The van der Waals surface area contributed by atoms with Gasteiger partial charge in [-0.15, -0.1) is 0 Å². The van der Waals surface area contributed by atoms with E-state index in [0.717, 1.165) is 12.3 Å². The smallest absolute Gasteiger partial charge is 0.167 e. The first-order valence-corrected chi connectivity index (χ1v) is 9.17. The van der Waals surface area contributed by atoms with Gasteiger partial charge in [0, 0.05) is 6.04 Å². The zero-order chi connectivity index (χ0) is 17.8. The lowest BCUT2D eigenvalue weighted by Crippen LogP contribution is -2.32. The highest BCUT2D eigenvalue weighted by Gasteiger charge is 2.44. The second-order valence-electron chi connectivity index (χ2n) is 7.67. The van der Waals surface area contributed by atoms with Crippen LogP contribution in [0.2, 0.25) is 0 Å². The van der Waals surface area contributed by atoms with Crippen LogP contribution in [0.1, 0.15) is 31.9 Å². The van der Waals surface area contributed by atoms with E-state index in [1.807, 2.05) is 0 Å². The van der Waals surface area contributed by atoms with E-state index in [9.17, 15) is 14.6 Å². The minimum Gasteiger partial charge on any atom is -0.387 e. The van der Waals surface area contributed by atoms with Gasteiger partial charge in [0.2, 0.25) is 0 Å².